The summed E-state index contributed by atoms with van der Waals surface area (Å²) in [7, 11) is 0. The van der Waals surface area contributed by atoms with Crippen molar-refractivity contribution in [3.63, 3.8) is 0 Å². The Morgan fingerprint density at radius 1 is 0.711 bits per heavy atom. The normalized spacial score (nSPS) is 21.6. The van der Waals surface area contributed by atoms with Crippen molar-refractivity contribution in [3.8, 4) is 11.1 Å². The molecule has 38 heavy (non-hydrogen) atoms. The lowest BCUT2D eigenvalue weighted by Gasteiger charge is -2.28. The topological polar surface area (TPSA) is 26.3 Å². The zero-order chi connectivity index (χ0) is 26.6. The van der Waals surface area contributed by atoms with E-state index in [1.807, 2.05) is 0 Å². The highest BCUT2D eigenvalue weighted by atomic mass is 16.5. The van der Waals surface area contributed by atoms with Crippen LogP contribution in [0.15, 0.2) is 60.2 Å². The number of hydrogen-bond acceptors (Lipinski definition) is 2. The molecule has 0 bridgehead atoms. The van der Waals surface area contributed by atoms with Crippen LogP contribution in [-0.2, 0) is 9.53 Å². The van der Waals surface area contributed by atoms with Gasteiger partial charge in [0.05, 0.1) is 6.61 Å². The highest BCUT2D eigenvalue weighted by Crippen LogP contribution is 2.38. The standard InChI is InChI=1S/C36H50O2/c1-3-5-6-7-8-9-27-38-36(37)35-25-23-34(24-26-35)33-21-19-32(20-22-33)31-17-15-30(16-18-31)29-13-11-28(10-4-2)12-14-29/h15-22,25,28-29,34H,3-14,23-24,26-27H2,1-2H3. The molecule has 1 fully saturated rings. The van der Waals surface area contributed by atoms with E-state index in [4.69, 9.17) is 4.74 Å². The predicted octanol–water partition coefficient (Wildman–Crippen LogP) is 10.5. The van der Waals surface area contributed by atoms with Crippen molar-refractivity contribution in [1.82, 2.24) is 0 Å². The minimum absolute atomic E-state index is 0.0928. The maximum Gasteiger partial charge on any atom is 0.333 e. The van der Waals surface area contributed by atoms with E-state index < -0.39 is 0 Å². The van der Waals surface area contributed by atoms with Crippen molar-refractivity contribution in [3.05, 3.63) is 71.3 Å². The quantitative estimate of drug-likeness (QED) is 0.196. The summed E-state index contributed by atoms with van der Waals surface area (Å²) in [5.41, 5.74) is 6.37. The minimum Gasteiger partial charge on any atom is -0.462 e. The van der Waals surface area contributed by atoms with Gasteiger partial charge in [-0.2, -0.15) is 0 Å². The number of esters is 1. The van der Waals surface area contributed by atoms with E-state index in [1.54, 1.807) is 0 Å². The third-order valence-corrected chi connectivity index (χ3v) is 9.05. The molecule has 1 unspecified atom stereocenters. The highest BCUT2D eigenvalue weighted by molar-refractivity contribution is 5.88. The van der Waals surface area contributed by atoms with Gasteiger partial charge >= 0.3 is 5.97 Å². The molecule has 2 heteroatoms. The van der Waals surface area contributed by atoms with Crippen LogP contribution in [0.25, 0.3) is 11.1 Å². The first-order chi connectivity index (χ1) is 18.7. The molecule has 0 amide bonds. The molecule has 1 saturated carbocycles. The van der Waals surface area contributed by atoms with E-state index in [9.17, 15) is 4.79 Å². The van der Waals surface area contributed by atoms with Gasteiger partial charge in [-0.1, -0.05) is 113 Å². The van der Waals surface area contributed by atoms with Crippen molar-refractivity contribution in [1.29, 1.82) is 0 Å². The zero-order valence-corrected chi connectivity index (χ0v) is 24.1. The molecule has 0 spiro atoms. The number of rotatable bonds is 13. The third-order valence-electron chi connectivity index (χ3n) is 9.05. The molecular formula is C36H50O2. The first-order valence-corrected chi connectivity index (χ1v) is 15.7. The summed E-state index contributed by atoms with van der Waals surface area (Å²) in [6, 6.07) is 18.5. The van der Waals surface area contributed by atoms with Crippen LogP contribution in [0.4, 0.5) is 0 Å². The number of hydrogen-bond donors (Lipinski definition) is 0. The lowest BCUT2D eigenvalue weighted by molar-refractivity contribution is -0.139. The monoisotopic (exact) mass is 514 g/mol. The molecule has 2 aromatic carbocycles. The summed E-state index contributed by atoms with van der Waals surface area (Å²) in [5, 5.41) is 0. The number of benzene rings is 2. The molecule has 2 aliphatic rings. The Kier molecular flexibility index (Phi) is 11.5. The highest BCUT2D eigenvalue weighted by Gasteiger charge is 2.22. The van der Waals surface area contributed by atoms with Crippen molar-refractivity contribution in [2.75, 3.05) is 6.61 Å². The van der Waals surface area contributed by atoms with E-state index in [0.717, 1.165) is 49.5 Å². The first kappa shape index (κ1) is 28.7. The van der Waals surface area contributed by atoms with Gasteiger partial charge in [-0.05, 0) is 91.4 Å². The summed E-state index contributed by atoms with van der Waals surface area (Å²) < 4.78 is 5.55. The SMILES string of the molecule is CCCCCCCCOC(=O)C1=CCC(c2ccc(-c3ccc(C4CCC(CCC)CC4)cc3)cc2)CC1. The molecule has 0 heterocycles. The van der Waals surface area contributed by atoms with Crippen molar-refractivity contribution in [2.24, 2.45) is 5.92 Å². The average molecular weight is 515 g/mol. The number of carbonyl (C=O) groups excluding carboxylic acids is 1. The molecule has 2 aromatic rings. The fourth-order valence-electron chi connectivity index (χ4n) is 6.55. The Labute approximate surface area is 232 Å². The summed E-state index contributed by atoms with van der Waals surface area (Å²) in [4.78, 5) is 12.5. The Hall–Kier alpha value is -2.35. The van der Waals surface area contributed by atoms with Crippen molar-refractivity contribution in [2.45, 2.75) is 122 Å². The van der Waals surface area contributed by atoms with Gasteiger partial charge in [-0.3, -0.25) is 0 Å². The molecule has 0 radical (unpaired) electrons. The van der Waals surface area contributed by atoms with Crippen LogP contribution in [0.3, 0.4) is 0 Å². The molecule has 2 aliphatic carbocycles. The van der Waals surface area contributed by atoms with Gasteiger partial charge in [0, 0.05) is 5.57 Å². The van der Waals surface area contributed by atoms with Gasteiger partial charge < -0.3 is 4.74 Å². The largest absolute Gasteiger partial charge is 0.462 e. The fraction of sp³-hybridized carbons (Fsp3) is 0.583. The van der Waals surface area contributed by atoms with Gasteiger partial charge in [0.25, 0.3) is 0 Å². The van der Waals surface area contributed by atoms with Crippen molar-refractivity contribution >= 4 is 5.97 Å². The maximum atomic E-state index is 12.5. The number of unbranched alkanes of at least 4 members (excludes halogenated alkanes) is 5. The first-order valence-electron chi connectivity index (χ1n) is 15.7. The zero-order valence-electron chi connectivity index (χ0n) is 24.1. The van der Waals surface area contributed by atoms with Gasteiger partial charge in [0.2, 0.25) is 0 Å². The summed E-state index contributed by atoms with van der Waals surface area (Å²) in [6.07, 6.45) is 20.4. The number of ether oxygens (including phenoxy) is 1. The molecule has 4 rings (SSSR count). The maximum absolute atomic E-state index is 12.5. The van der Waals surface area contributed by atoms with Gasteiger partial charge in [0.15, 0.2) is 0 Å². The van der Waals surface area contributed by atoms with E-state index in [2.05, 4.69) is 68.5 Å². The van der Waals surface area contributed by atoms with E-state index in [1.165, 1.54) is 86.5 Å². The Balaban J connectivity index is 1.22. The molecule has 2 nitrogen and oxygen atoms in total. The molecule has 0 aliphatic heterocycles. The molecule has 1 atom stereocenters. The van der Waals surface area contributed by atoms with Crippen LogP contribution < -0.4 is 0 Å². The summed E-state index contributed by atoms with van der Waals surface area (Å²) >= 11 is 0. The lowest BCUT2D eigenvalue weighted by atomic mass is 9.77. The second-order valence-electron chi connectivity index (χ2n) is 11.9. The van der Waals surface area contributed by atoms with Gasteiger partial charge in [-0.15, -0.1) is 0 Å². The number of carbonyl (C=O) groups is 1. The van der Waals surface area contributed by atoms with Crippen LogP contribution in [0.2, 0.25) is 0 Å². The fourth-order valence-corrected chi connectivity index (χ4v) is 6.55. The molecule has 206 valence electrons. The van der Waals surface area contributed by atoms with Gasteiger partial charge in [-0.25, -0.2) is 4.79 Å². The summed E-state index contributed by atoms with van der Waals surface area (Å²) in [6.45, 7) is 5.11. The van der Waals surface area contributed by atoms with Crippen molar-refractivity contribution < 1.29 is 9.53 Å². The van der Waals surface area contributed by atoms with E-state index >= 15 is 0 Å². The minimum atomic E-state index is -0.0928. The summed E-state index contributed by atoms with van der Waals surface area (Å²) in [5.74, 6) is 2.11. The van der Waals surface area contributed by atoms with E-state index in [0.29, 0.717) is 12.5 Å². The van der Waals surface area contributed by atoms with Gasteiger partial charge in [0.1, 0.15) is 0 Å². The molecule has 0 N–H and O–H groups in total. The Morgan fingerprint density at radius 2 is 1.32 bits per heavy atom. The molecular weight excluding hydrogens is 464 g/mol. The second kappa shape index (κ2) is 15.3. The average Bonchev–Trinajstić information content (AvgIpc) is 2.97. The Morgan fingerprint density at radius 3 is 1.89 bits per heavy atom. The van der Waals surface area contributed by atoms with Crippen LogP contribution in [0.1, 0.15) is 133 Å². The van der Waals surface area contributed by atoms with Crippen LogP contribution in [-0.4, -0.2) is 12.6 Å². The van der Waals surface area contributed by atoms with Crippen LogP contribution in [0.5, 0.6) is 0 Å². The van der Waals surface area contributed by atoms with Crippen LogP contribution in [0, 0.1) is 5.92 Å². The second-order valence-corrected chi connectivity index (χ2v) is 11.9. The number of allylic oxidation sites excluding steroid dienone is 1. The van der Waals surface area contributed by atoms with E-state index in [-0.39, 0.29) is 5.97 Å². The van der Waals surface area contributed by atoms with Crippen LogP contribution >= 0.6 is 0 Å². The third kappa shape index (κ3) is 8.32. The molecule has 0 aromatic heterocycles. The lowest BCUT2D eigenvalue weighted by Crippen LogP contribution is -2.14. The smallest absolute Gasteiger partial charge is 0.333 e. The Bertz CT molecular complexity index is 993. The molecule has 0 saturated heterocycles. The predicted molar refractivity (Wildman–Crippen MR) is 160 cm³/mol.